The fourth-order valence-electron chi connectivity index (χ4n) is 1.49. The van der Waals surface area contributed by atoms with E-state index in [0.717, 1.165) is 0 Å². The first-order chi connectivity index (χ1) is 7.11. The Labute approximate surface area is 84.9 Å². The highest BCUT2D eigenvalue weighted by molar-refractivity contribution is 5.98. The maximum Gasteiger partial charge on any atom is 0.313 e. The molecule has 0 atom stereocenters. The predicted octanol–water partition coefficient (Wildman–Crippen LogP) is 2.04. The number of phenols is 1. The van der Waals surface area contributed by atoms with Gasteiger partial charge in [-0.15, -0.1) is 0 Å². The number of nitrogen functional groups attached to an aromatic ring is 1. The highest BCUT2D eigenvalue weighted by Gasteiger charge is 2.18. The SMILES string of the molecule is Nc1c(O)c([N+](=O)[O-])cc2ccccc12. The Kier molecular flexibility index (Phi) is 1.93. The van der Waals surface area contributed by atoms with Crippen LogP contribution < -0.4 is 5.73 Å². The Morgan fingerprint density at radius 1 is 1.33 bits per heavy atom. The monoisotopic (exact) mass is 204 g/mol. The lowest BCUT2D eigenvalue weighted by Crippen LogP contribution is -1.94. The number of nitro groups is 1. The Bertz CT molecular complexity index is 552. The lowest BCUT2D eigenvalue weighted by Gasteiger charge is -2.04. The zero-order valence-electron chi connectivity index (χ0n) is 7.68. The summed E-state index contributed by atoms with van der Waals surface area (Å²) in [6.07, 6.45) is 0. The average molecular weight is 204 g/mol. The zero-order valence-corrected chi connectivity index (χ0v) is 7.68. The molecule has 5 heteroatoms. The van der Waals surface area contributed by atoms with E-state index < -0.39 is 10.7 Å². The van der Waals surface area contributed by atoms with Crippen LogP contribution in [0.25, 0.3) is 10.8 Å². The smallest absolute Gasteiger partial charge is 0.313 e. The second-order valence-corrected chi connectivity index (χ2v) is 3.14. The van der Waals surface area contributed by atoms with Gasteiger partial charge in [0.15, 0.2) is 0 Å². The maximum atomic E-state index is 10.6. The van der Waals surface area contributed by atoms with Crippen LogP contribution >= 0.6 is 0 Å². The molecule has 2 aromatic carbocycles. The standard InChI is InChI=1S/C10H8N2O3/c11-9-7-4-2-1-3-6(7)5-8(10(9)13)12(14)15/h1-5,13H,11H2. The van der Waals surface area contributed by atoms with Crippen LogP contribution in [0.4, 0.5) is 11.4 Å². The third-order valence-corrected chi connectivity index (χ3v) is 2.24. The number of nitro benzene ring substituents is 1. The van der Waals surface area contributed by atoms with Crippen LogP contribution in [0, 0.1) is 10.1 Å². The molecule has 3 N–H and O–H groups in total. The Morgan fingerprint density at radius 3 is 2.67 bits per heavy atom. The molecule has 0 saturated carbocycles. The van der Waals surface area contributed by atoms with Crippen molar-refractivity contribution >= 4 is 22.1 Å². The number of fused-ring (bicyclic) bond motifs is 1. The Morgan fingerprint density at radius 2 is 2.00 bits per heavy atom. The molecule has 0 fully saturated rings. The molecule has 2 aromatic rings. The fourth-order valence-corrected chi connectivity index (χ4v) is 1.49. The first kappa shape index (κ1) is 9.26. The summed E-state index contributed by atoms with van der Waals surface area (Å²) in [5.41, 5.74) is 5.27. The van der Waals surface area contributed by atoms with E-state index in [4.69, 9.17) is 5.73 Å². The summed E-state index contributed by atoms with van der Waals surface area (Å²) in [5, 5.41) is 21.4. The molecule has 0 aliphatic carbocycles. The van der Waals surface area contributed by atoms with Crippen molar-refractivity contribution < 1.29 is 10.0 Å². The van der Waals surface area contributed by atoms with Crippen LogP contribution in [0.1, 0.15) is 0 Å². The van der Waals surface area contributed by atoms with Gasteiger partial charge in [0.2, 0.25) is 5.75 Å². The topological polar surface area (TPSA) is 89.4 Å². The fraction of sp³-hybridized carbons (Fsp3) is 0. The van der Waals surface area contributed by atoms with E-state index in [9.17, 15) is 15.2 Å². The van der Waals surface area contributed by atoms with E-state index in [1.54, 1.807) is 24.3 Å². The van der Waals surface area contributed by atoms with Crippen molar-refractivity contribution in [3.05, 3.63) is 40.4 Å². The van der Waals surface area contributed by atoms with Crippen molar-refractivity contribution in [3.8, 4) is 5.75 Å². The van der Waals surface area contributed by atoms with Gasteiger partial charge in [-0.25, -0.2) is 0 Å². The molecule has 0 heterocycles. The van der Waals surface area contributed by atoms with E-state index in [1.165, 1.54) is 6.07 Å². The predicted molar refractivity (Wildman–Crippen MR) is 56.7 cm³/mol. The number of hydrogen-bond donors (Lipinski definition) is 2. The molecule has 0 bridgehead atoms. The van der Waals surface area contributed by atoms with Crippen LogP contribution in [-0.4, -0.2) is 10.0 Å². The van der Waals surface area contributed by atoms with Gasteiger partial charge in [0.25, 0.3) is 0 Å². The molecule has 76 valence electrons. The van der Waals surface area contributed by atoms with Gasteiger partial charge in [0.1, 0.15) is 0 Å². The Balaban J connectivity index is 2.88. The average Bonchev–Trinajstić information content (AvgIpc) is 2.23. The van der Waals surface area contributed by atoms with Crippen molar-refractivity contribution in [1.29, 1.82) is 0 Å². The number of nitrogens with two attached hydrogens (primary N) is 1. The highest BCUT2D eigenvalue weighted by atomic mass is 16.6. The minimum absolute atomic E-state index is 0.0415. The molecule has 0 aliphatic heterocycles. The van der Waals surface area contributed by atoms with Crippen LogP contribution in [0.3, 0.4) is 0 Å². The minimum Gasteiger partial charge on any atom is -0.501 e. The summed E-state index contributed by atoms with van der Waals surface area (Å²) >= 11 is 0. The molecule has 5 nitrogen and oxygen atoms in total. The summed E-state index contributed by atoms with van der Waals surface area (Å²) in [5.74, 6) is -0.473. The number of hydrogen-bond acceptors (Lipinski definition) is 4. The van der Waals surface area contributed by atoms with Crippen molar-refractivity contribution in [2.24, 2.45) is 0 Å². The molecule has 0 aromatic heterocycles. The van der Waals surface area contributed by atoms with Gasteiger partial charge in [-0.1, -0.05) is 24.3 Å². The number of anilines is 1. The third-order valence-electron chi connectivity index (χ3n) is 2.24. The van der Waals surface area contributed by atoms with E-state index in [0.29, 0.717) is 10.8 Å². The van der Waals surface area contributed by atoms with E-state index >= 15 is 0 Å². The van der Waals surface area contributed by atoms with Gasteiger partial charge in [-0.05, 0) is 5.39 Å². The lowest BCUT2D eigenvalue weighted by molar-refractivity contribution is -0.385. The van der Waals surface area contributed by atoms with Crippen molar-refractivity contribution in [1.82, 2.24) is 0 Å². The molecule has 15 heavy (non-hydrogen) atoms. The minimum atomic E-state index is -0.655. The molecule has 0 spiro atoms. The second-order valence-electron chi connectivity index (χ2n) is 3.14. The molecule has 0 saturated heterocycles. The summed E-state index contributed by atoms with van der Waals surface area (Å²) in [4.78, 5) is 9.95. The zero-order chi connectivity index (χ0) is 11.0. The lowest BCUT2D eigenvalue weighted by atomic mass is 10.1. The summed E-state index contributed by atoms with van der Waals surface area (Å²) in [6.45, 7) is 0. The summed E-state index contributed by atoms with van der Waals surface area (Å²) < 4.78 is 0. The van der Waals surface area contributed by atoms with Gasteiger partial charge < -0.3 is 10.8 Å². The number of benzene rings is 2. The molecule has 2 rings (SSSR count). The second kappa shape index (κ2) is 3.13. The maximum absolute atomic E-state index is 10.6. The molecular formula is C10H8N2O3. The Hall–Kier alpha value is -2.30. The molecule has 0 radical (unpaired) electrons. The van der Waals surface area contributed by atoms with Gasteiger partial charge in [-0.2, -0.15) is 0 Å². The van der Waals surface area contributed by atoms with Gasteiger partial charge >= 0.3 is 5.69 Å². The van der Waals surface area contributed by atoms with E-state index in [1.807, 2.05) is 0 Å². The summed E-state index contributed by atoms with van der Waals surface area (Å²) in [6, 6.07) is 8.22. The number of nitrogens with zero attached hydrogens (tertiary/aromatic N) is 1. The van der Waals surface area contributed by atoms with Crippen LogP contribution in [0.5, 0.6) is 5.75 Å². The van der Waals surface area contributed by atoms with E-state index in [2.05, 4.69) is 0 Å². The normalized spacial score (nSPS) is 10.4. The van der Waals surface area contributed by atoms with Gasteiger partial charge in [-0.3, -0.25) is 10.1 Å². The highest BCUT2D eigenvalue weighted by Crippen LogP contribution is 2.37. The van der Waals surface area contributed by atoms with Crippen LogP contribution in [0.2, 0.25) is 0 Å². The van der Waals surface area contributed by atoms with Gasteiger partial charge in [0, 0.05) is 11.5 Å². The molecule has 0 unspecified atom stereocenters. The van der Waals surface area contributed by atoms with E-state index in [-0.39, 0.29) is 11.4 Å². The molecule has 0 aliphatic rings. The number of rotatable bonds is 1. The number of phenolic OH excluding ortho intramolecular Hbond substituents is 1. The molecule has 0 amide bonds. The quantitative estimate of drug-likeness (QED) is 0.322. The van der Waals surface area contributed by atoms with Crippen LogP contribution in [0.15, 0.2) is 30.3 Å². The largest absolute Gasteiger partial charge is 0.501 e. The van der Waals surface area contributed by atoms with Crippen molar-refractivity contribution in [2.45, 2.75) is 0 Å². The van der Waals surface area contributed by atoms with Crippen molar-refractivity contribution in [3.63, 3.8) is 0 Å². The van der Waals surface area contributed by atoms with Crippen LogP contribution in [-0.2, 0) is 0 Å². The third kappa shape index (κ3) is 1.34. The number of aromatic hydroxyl groups is 1. The first-order valence-corrected chi connectivity index (χ1v) is 4.26. The first-order valence-electron chi connectivity index (χ1n) is 4.26. The molecular weight excluding hydrogens is 196 g/mol. The van der Waals surface area contributed by atoms with Gasteiger partial charge in [0.05, 0.1) is 10.6 Å². The summed E-state index contributed by atoms with van der Waals surface area (Å²) in [7, 11) is 0. The van der Waals surface area contributed by atoms with Crippen molar-refractivity contribution in [2.75, 3.05) is 5.73 Å².